The van der Waals surface area contributed by atoms with Gasteiger partial charge < -0.3 is 4.52 Å². The molecule has 2 nitrogen and oxygen atoms in total. The molecule has 0 fully saturated rings. The number of aryl methyl sites for hydroxylation is 2. The van der Waals surface area contributed by atoms with Crippen LogP contribution in [0.3, 0.4) is 0 Å². The van der Waals surface area contributed by atoms with Crippen LogP contribution in [0.15, 0.2) is 4.52 Å². The monoisotopic (exact) mass is 153 g/mol. The fourth-order valence-electron chi connectivity index (χ4n) is 1.29. The number of hydrogen-bond acceptors (Lipinski definition) is 2. The Balaban J connectivity index is 2.88. The minimum absolute atomic E-state index is 0.979. The van der Waals surface area contributed by atoms with Crippen molar-refractivity contribution >= 4 is 0 Å². The molecule has 0 aliphatic carbocycles. The summed E-state index contributed by atoms with van der Waals surface area (Å²) in [5.74, 6) is 0.990. The van der Waals surface area contributed by atoms with Gasteiger partial charge in [-0.15, -0.1) is 0 Å². The third kappa shape index (κ3) is 1.62. The van der Waals surface area contributed by atoms with Crippen LogP contribution in [0.5, 0.6) is 0 Å². The summed E-state index contributed by atoms with van der Waals surface area (Å²) in [7, 11) is 0. The Morgan fingerprint density at radius 3 is 2.64 bits per heavy atom. The van der Waals surface area contributed by atoms with Crippen molar-refractivity contribution in [3.05, 3.63) is 17.0 Å². The second-order valence-electron chi connectivity index (χ2n) is 2.77. The quantitative estimate of drug-likeness (QED) is 0.666. The van der Waals surface area contributed by atoms with Crippen LogP contribution in [0.25, 0.3) is 0 Å². The van der Waals surface area contributed by atoms with Crippen molar-refractivity contribution in [3.63, 3.8) is 0 Å². The Hall–Kier alpha value is -0.790. The van der Waals surface area contributed by atoms with Gasteiger partial charge in [0.2, 0.25) is 0 Å². The Labute approximate surface area is 67.6 Å². The van der Waals surface area contributed by atoms with E-state index in [1.807, 2.05) is 6.92 Å². The highest BCUT2D eigenvalue weighted by Gasteiger charge is 2.08. The second kappa shape index (κ2) is 3.56. The van der Waals surface area contributed by atoms with Gasteiger partial charge in [-0.2, -0.15) is 0 Å². The zero-order valence-electron chi connectivity index (χ0n) is 7.48. The highest BCUT2D eigenvalue weighted by molar-refractivity contribution is 5.21. The van der Waals surface area contributed by atoms with Crippen molar-refractivity contribution < 1.29 is 4.52 Å². The van der Waals surface area contributed by atoms with E-state index < -0.39 is 0 Å². The van der Waals surface area contributed by atoms with E-state index in [1.54, 1.807) is 0 Å². The van der Waals surface area contributed by atoms with Gasteiger partial charge in [0.05, 0.1) is 5.69 Å². The van der Waals surface area contributed by atoms with Crippen LogP contribution in [-0.2, 0) is 12.8 Å². The average Bonchev–Trinajstić information content (AvgIpc) is 2.34. The van der Waals surface area contributed by atoms with E-state index in [0.717, 1.165) is 30.7 Å². The maximum atomic E-state index is 5.09. The smallest absolute Gasteiger partial charge is 0.137 e. The van der Waals surface area contributed by atoms with Crippen molar-refractivity contribution in [2.75, 3.05) is 0 Å². The summed E-state index contributed by atoms with van der Waals surface area (Å²) >= 11 is 0. The van der Waals surface area contributed by atoms with Crippen LogP contribution in [0.2, 0.25) is 0 Å². The molecule has 62 valence electrons. The molecule has 1 aromatic heterocycles. The van der Waals surface area contributed by atoms with Crippen LogP contribution in [0.1, 0.15) is 37.3 Å². The van der Waals surface area contributed by atoms with Crippen LogP contribution in [0.4, 0.5) is 0 Å². The molecule has 0 saturated carbocycles. The van der Waals surface area contributed by atoms with E-state index in [-0.39, 0.29) is 0 Å². The molecule has 0 radical (unpaired) electrons. The summed E-state index contributed by atoms with van der Waals surface area (Å²) in [5, 5.41) is 3.98. The van der Waals surface area contributed by atoms with Gasteiger partial charge in [0.15, 0.2) is 0 Å². The minimum Gasteiger partial charge on any atom is -0.361 e. The first-order chi connectivity index (χ1) is 5.29. The van der Waals surface area contributed by atoms with Crippen molar-refractivity contribution in [2.45, 2.75) is 40.0 Å². The Morgan fingerprint density at radius 2 is 2.09 bits per heavy atom. The SMILES string of the molecule is CCCc1c(CC)noc1C. The zero-order chi connectivity index (χ0) is 8.27. The first-order valence-corrected chi connectivity index (χ1v) is 4.23. The number of hydrogen-bond donors (Lipinski definition) is 0. The molecule has 0 aromatic carbocycles. The maximum absolute atomic E-state index is 5.09. The predicted octanol–water partition coefficient (Wildman–Crippen LogP) is 2.50. The van der Waals surface area contributed by atoms with Crippen molar-refractivity contribution in [3.8, 4) is 0 Å². The lowest BCUT2D eigenvalue weighted by atomic mass is 10.1. The van der Waals surface area contributed by atoms with E-state index in [0.29, 0.717) is 0 Å². The topological polar surface area (TPSA) is 26.0 Å². The van der Waals surface area contributed by atoms with Crippen molar-refractivity contribution in [2.24, 2.45) is 0 Å². The van der Waals surface area contributed by atoms with E-state index in [2.05, 4.69) is 19.0 Å². The number of aromatic nitrogens is 1. The lowest BCUT2D eigenvalue weighted by Crippen LogP contribution is -1.90. The van der Waals surface area contributed by atoms with Gasteiger partial charge in [-0.1, -0.05) is 25.4 Å². The molecule has 1 aromatic rings. The van der Waals surface area contributed by atoms with Crippen molar-refractivity contribution in [1.82, 2.24) is 5.16 Å². The number of rotatable bonds is 3. The second-order valence-corrected chi connectivity index (χ2v) is 2.77. The van der Waals surface area contributed by atoms with Crippen LogP contribution in [-0.4, -0.2) is 5.16 Å². The van der Waals surface area contributed by atoms with E-state index >= 15 is 0 Å². The molecule has 1 heterocycles. The predicted molar refractivity (Wildman–Crippen MR) is 44.6 cm³/mol. The largest absolute Gasteiger partial charge is 0.361 e. The molecule has 2 heteroatoms. The standard InChI is InChI=1S/C9H15NO/c1-4-6-8-7(3)11-10-9(8)5-2/h4-6H2,1-3H3. The summed E-state index contributed by atoms with van der Waals surface area (Å²) in [5.41, 5.74) is 2.44. The molecule has 0 amide bonds. The fourth-order valence-corrected chi connectivity index (χ4v) is 1.29. The van der Waals surface area contributed by atoms with Crippen LogP contribution in [0, 0.1) is 6.92 Å². The van der Waals surface area contributed by atoms with E-state index in [1.165, 1.54) is 5.56 Å². The van der Waals surface area contributed by atoms with Crippen molar-refractivity contribution in [1.29, 1.82) is 0 Å². The third-order valence-corrected chi connectivity index (χ3v) is 1.90. The molecular formula is C9H15NO. The molecule has 0 atom stereocenters. The van der Waals surface area contributed by atoms with E-state index in [9.17, 15) is 0 Å². The third-order valence-electron chi connectivity index (χ3n) is 1.90. The molecule has 0 saturated heterocycles. The first kappa shape index (κ1) is 8.31. The van der Waals surface area contributed by atoms with Gasteiger partial charge in [-0.25, -0.2) is 0 Å². The molecule has 0 unspecified atom stereocenters. The Kier molecular flexibility index (Phi) is 2.69. The lowest BCUT2D eigenvalue weighted by molar-refractivity contribution is 0.390. The highest BCUT2D eigenvalue weighted by atomic mass is 16.5. The van der Waals surface area contributed by atoms with E-state index in [4.69, 9.17) is 4.52 Å². The molecule has 0 spiro atoms. The van der Waals surface area contributed by atoms with Gasteiger partial charge in [-0.3, -0.25) is 0 Å². The molecule has 11 heavy (non-hydrogen) atoms. The Morgan fingerprint density at radius 1 is 1.36 bits per heavy atom. The summed E-state index contributed by atoms with van der Waals surface area (Å²) in [4.78, 5) is 0. The molecule has 0 aliphatic rings. The molecule has 0 bridgehead atoms. The summed E-state index contributed by atoms with van der Waals surface area (Å²) < 4.78 is 5.09. The minimum atomic E-state index is 0.979. The molecule has 0 N–H and O–H groups in total. The Bertz CT molecular complexity index is 227. The van der Waals surface area contributed by atoms with Gasteiger partial charge in [0.1, 0.15) is 5.76 Å². The maximum Gasteiger partial charge on any atom is 0.137 e. The van der Waals surface area contributed by atoms with Gasteiger partial charge >= 0.3 is 0 Å². The summed E-state index contributed by atoms with van der Waals surface area (Å²) in [6.45, 7) is 6.26. The molecule has 0 aliphatic heterocycles. The number of nitrogens with zero attached hydrogens (tertiary/aromatic N) is 1. The van der Waals surface area contributed by atoms with Crippen LogP contribution >= 0.6 is 0 Å². The normalized spacial score (nSPS) is 10.5. The summed E-state index contributed by atoms with van der Waals surface area (Å²) in [6, 6.07) is 0. The zero-order valence-corrected chi connectivity index (χ0v) is 7.48. The lowest BCUT2D eigenvalue weighted by Gasteiger charge is -1.95. The molecule has 1 rings (SSSR count). The van der Waals surface area contributed by atoms with Gasteiger partial charge in [-0.05, 0) is 19.8 Å². The van der Waals surface area contributed by atoms with Gasteiger partial charge in [0.25, 0.3) is 0 Å². The highest BCUT2D eigenvalue weighted by Crippen LogP contribution is 2.15. The van der Waals surface area contributed by atoms with Crippen LogP contribution < -0.4 is 0 Å². The molecular weight excluding hydrogens is 138 g/mol. The average molecular weight is 153 g/mol. The fraction of sp³-hybridized carbons (Fsp3) is 0.667. The first-order valence-electron chi connectivity index (χ1n) is 4.23. The van der Waals surface area contributed by atoms with Gasteiger partial charge in [0, 0.05) is 5.56 Å². The summed E-state index contributed by atoms with van der Waals surface area (Å²) in [6.07, 6.45) is 3.24.